The van der Waals surface area contributed by atoms with E-state index in [1.807, 2.05) is 19.9 Å². The Morgan fingerprint density at radius 3 is 2.77 bits per heavy atom. The maximum atomic E-state index is 12.6. The molecule has 0 unspecified atom stereocenters. The monoisotopic (exact) mass is 304 g/mol. The molecule has 7 nitrogen and oxygen atoms in total. The summed E-state index contributed by atoms with van der Waals surface area (Å²) in [6.45, 7) is 6.17. The van der Waals surface area contributed by atoms with E-state index in [2.05, 4.69) is 4.98 Å². The van der Waals surface area contributed by atoms with E-state index in [0.717, 1.165) is 0 Å². The topological polar surface area (TPSA) is 69.4 Å². The van der Waals surface area contributed by atoms with Gasteiger partial charge in [-0.15, -0.1) is 0 Å². The molecule has 2 aromatic heterocycles. The van der Waals surface area contributed by atoms with Crippen molar-refractivity contribution in [2.75, 3.05) is 26.3 Å². The molecule has 1 amide bonds. The van der Waals surface area contributed by atoms with Crippen LogP contribution in [0.4, 0.5) is 0 Å². The SMILES string of the molecule is CC(C)n1c(=O)n(CC(=O)N2CCOCC2)c2cccnc21. The summed E-state index contributed by atoms with van der Waals surface area (Å²) in [7, 11) is 0. The number of hydrogen-bond donors (Lipinski definition) is 0. The summed E-state index contributed by atoms with van der Waals surface area (Å²) in [6, 6.07) is 3.60. The lowest BCUT2D eigenvalue weighted by atomic mass is 10.3. The number of hydrogen-bond acceptors (Lipinski definition) is 4. The van der Waals surface area contributed by atoms with Crippen LogP contribution in [0.2, 0.25) is 0 Å². The van der Waals surface area contributed by atoms with Crippen LogP contribution in [0.15, 0.2) is 23.1 Å². The molecule has 2 aromatic rings. The van der Waals surface area contributed by atoms with Crippen LogP contribution < -0.4 is 5.69 Å². The second-order valence-electron chi connectivity index (χ2n) is 5.67. The largest absolute Gasteiger partial charge is 0.378 e. The van der Waals surface area contributed by atoms with Crippen LogP contribution in [-0.4, -0.2) is 51.2 Å². The Balaban J connectivity index is 1.98. The third-order valence-corrected chi connectivity index (χ3v) is 3.90. The molecule has 0 atom stereocenters. The van der Waals surface area contributed by atoms with Crippen molar-refractivity contribution in [3.05, 3.63) is 28.8 Å². The van der Waals surface area contributed by atoms with Gasteiger partial charge in [-0.05, 0) is 26.0 Å². The predicted molar refractivity (Wildman–Crippen MR) is 81.8 cm³/mol. The number of carbonyl (C=O) groups excluding carboxylic acids is 1. The molecule has 0 aromatic carbocycles. The highest BCUT2D eigenvalue weighted by Crippen LogP contribution is 2.14. The van der Waals surface area contributed by atoms with E-state index < -0.39 is 0 Å². The van der Waals surface area contributed by atoms with Gasteiger partial charge in [0.25, 0.3) is 0 Å². The average molecular weight is 304 g/mol. The normalized spacial score (nSPS) is 15.7. The molecule has 0 bridgehead atoms. The molecule has 1 saturated heterocycles. The Bertz CT molecular complexity index is 741. The zero-order valence-electron chi connectivity index (χ0n) is 12.9. The van der Waals surface area contributed by atoms with Crippen molar-refractivity contribution >= 4 is 17.1 Å². The lowest BCUT2D eigenvalue weighted by molar-refractivity contribution is -0.135. The van der Waals surface area contributed by atoms with Gasteiger partial charge in [0, 0.05) is 25.3 Å². The summed E-state index contributed by atoms with van der Waals surface area (Å²) in [5.74, 6) is -0.0583. The summed E-state index contributed by atoms with van der Waals surface area (Å²) in [4.78, 5) is 31.1. The summed E-state index contributed by atoms with van der Waals surface area (Å²) in [5.41, 5.74) is 1.13. The number of amides is 1. The average Bonchev–Trinajstić information content (AvgIpc) is 2.81. The maximum absolute atomic E-state index is 12.6. The Hall–Kier alpha value is -2.15. The number of fused-ring (bicyclic) bond motifs is 1. The van der Waals surface area contributed by atoms with E-state index in [9.17, 15) is 9.59 Å². The second-order valence-corrected chi connectivity index (χ2v) is 5.67. The van der Waals surface area contributed by atoms with Gasteiger partial charge in [0.2, 0.25) is 5.91 Å². The van der Waals surface area contributed by atoms with Crippen LogP contribution in [0.3, 0.4) is 0 Å². The summed E-state index contributed by atoms with van der Waals surface area (Å²) >= 11 is 0. The van der Waals surface area contributed by atoms with Gasteiger partial charge in [-0.1, -0.05) is 0 Å². The first kappa shape index (κ1) is 14.8. The molecule has 1 aliphatic rings. The fraction of sp³-hybridized carbons (Fsp3) is 0.533. The van der Waals surface area contributed by atoms with Crippen LogP contribution in [0.1, 0.15) is 19.9 Å². The van der Waals surface area contributed by atoms with Gasteiger partial charge in [0.1, 0.15) is 6.54 Å². The summed E-state index contributed by atoms with van der Waals surface area (Å²) in [5, 5.41) is 0. The van der Waals surface area contributed by atoms with Crippen molar-refractivity contribution in [3.8, 4) is 0 Å². The van der Waals surface area contributed by atoms with E-state index in [0.29, 0.717) is 37.5 Å². The highest BCUT2D eigenvalue weighted by atomic mass is 16.5. The zero-order valence-corrected chi connectivity index (χ0v) is 12.9. The quantitative estimate of drug-likeness (QED) is 0.834. The predicted octanol–water partition coefficient (Wildman–Crippen LogP) is 0.638. The van der Waals surface area contributed by atoms with E-state index in [-0.39, 0.29) is 24.2 Å². The van der Waals surface area contributed by atoms with Crippen LogP contribution in [0.25, 0.3) is 11.2 Å². The standard InChI is InChI=1S/C15H20N4O3/c1-11(2)19-14-12(4-3-5-16-14)18(15(19)21)10-13(20)17-6-8-22-9-7-17/h3-5,11H,6-10H2,1-2H3. The molecule has 7 heteroatoms. The Morgan fingerprint density at radius 1 is 1.36 bits per heavy atom. The fourth-order valence-electron chi connectivity index (χ4n) is 2.77. The van der Waals surface area contributed by atoms with Crippen molar-refractivity contribution in [2.45, 2.75) is 26.4 Å². The Morgan fingerprint density at radius 2 is 2.09 bits per heavy atom. The maximum Gasteiger partial charge on any atom is 0.331 e. The smallest absolute Gasteiger partial charge is 0.331 e. The molecule has 0 spiro atoms. The van der Waals surface area contributed by atoms with E-state index >= 15 is 0 Å². The molecular formula is C15H20N4O3. The van der Waals surface area contributed by atoms with Crippen LogP contribution in [0, 0.1) is 0 Å². The molecule has 0 saturated carbocycles. The van der Waals surface area contributed by atoms with Crippen molar-refractivity contribution < 1.29 is 9.53 Å². The van der Waals surface area contributed by atoms with Crippen molar-refractivity contribution in [1.29, 1.82) is 0 Å². The number of morpholine rings is 1. The number of nitrogens with zero attached hydrogens (tertiary/aromatic N) is 4. The molecule has 3 rings (SSSR count). The minimum Gasteiger partial charge on any atom is -0.378 e. The number of aromatic nitrogens is 3. The van der Waals surface area contributed by atoms with Gasteiger partial charge in [0.05, 0.1) is 18.7 Å². The van der Waals surface area contributed by atoms with E-state index in [1.165, 1.54) is 4.57 Å². The van der Waals surface area contributed by atoms with Gasteiger partial charge < -0.3 is 9.64 Å². The molecule has 1 aliphatic heterocycles. The third kappa shape index (κ3) is 2.52. The molecule has 1 fully saturated rings. The molecule has 22 heavy (non-hydrogen) atoms. The van der Waals surface area contributed by atoms with Crippen LogP contribution in [0.5, 0.6) is 0 Å². The van der Waals surface area contributed by atoms with Gasteiger partial charge in [-0.3, -0.25) is 13.9 Å². The highest BCUT2D eigenvalue weighted by Gasteiger charge is 2.21. The molecule has 3 heterocycles. The lowest BCUT2D eigenvalue weighted by Gasteiger charge is -2.26. The number of carbonyl (C=O) groups is 1. The first-order chi connectivity index (χ1) is 10.6. The van der Waals surface area contributed by atoms with Crippen molar-refractivity contribution in [2.24, 2.45) is 0 Å². The fourth-order valence-corrected chi connectivity index (χ4v) is 2.77. The van der Waals surface area contributed by atoms with Gasteiger partial charge >= 0.3 is 5.69 Å². The van der Waals surface area contributed by atoms with E-state index in [4.69, 9.17) is 4.74 Å². The molecule has 0 N–H and O–H groups in total. The lowest BCUT2D eigenvalue weighted by Crippen LogP contribution is -2.43. The van der Waals surface area contributed by atoms with Crippen LogP contribution in [-0.2, 0) is 16.1 Å². The van der Waals surface area contributed by atoms with E-state index in [1.54, 1.807) is 21.7 Å². The number of ether oxygens (including phenoxy) is 1. The minimum atomic E-state index is -0.190. The zero-order chi connectivity index (χ0) is 15.7. The minimum absolute atomic E-state index is 0.00959. The third-order valence-electron chi connectivity index (χ3n) is 3.90. The molecular weight excluding hydrogens is 284 g/mol. The molecule has 0 radical (unpaired) electrons. The van der Waals surface area contributed by atoms with Crippen molar-refractivity contribution in [3.63, 3.8) is 0 Å². The van der Waals surface area contributed by atoms with Gasteiger partial charge in [0.15, 0.2) is 5.65 Å². The Labute approximate surface area is 128 Å². The molecule has 118 valence electrons. The first-order valence-electron chi connectivity index (χ1n) is 7.51. The van der Waals surface area contributed by atoms with Gasteiger partial charge in [-0.2, -0.15) is 0 Å². The second kappa shape index (κ2) is 5.92. The van der Waals surface area contributed by atoms with Gasteiger partial charge in [-0.25, -0.2) is 9.78 Å². The number of imidazole rings is 1. The number of pyridine rings is 1. The van der Waals surface area contributed by atoms with Crippen molar-refractivity contribution in [1.82, 2.24) is 19.0 Å². The first-order valence-corrected chi connectivity index (χ1v) is 7.51. The molecule has 0 aliphatic carbocycles. The summed E-state index contributed by atoms with van der Waals surface area (Å²) < 4.78 is 8.39. The number of rotatable bonds is 3. The van der Waals surface area contributed by atoms with Crippen LogP contribution >= 0.6 is 0 Å². The highest BCUT2D eigenvalue weighted by molar-refractivity contribution is 5.79. The summed E-state index contributed by atoms with van der Waals surface area (Å²) in [6.07, 6.45) is 1.66. The Kier molecular flexibility index (Phi) is 3.98.